The molecule has 0 bridgehead atoms. The van der Waals surface area contributed by atoms with E-state index in [0.29, 0.717) is 0 Å². The van der Waals surface area contributed by atoms with Crippen molar-refractivity contribution in [1.29, 1.82) is 0 Å². The molecule has 20 heavy (non-hydrogen) atoms. The van der Waals surface area contributed by atoms with E-state index in [0.717, 1.165) is 16.4 Å². The van der Waals surface area contributed by atoms with Gasteiger partial charge < -0.3 is 10.5 Å². The summed E-state index contributed by atoms with van der Waals surface area (Å²) in [5.41, 5.74) is 4.98. The number of hydrogen-bond acceptors (Lipinski definition) is 5. The van der Waals surface area contributed by atoms with Crippen LogP contribution in [0, 0.1) is 5.82 Å². The molecule has 0 aromatic heterocycles. The number of carbonyl (C=O) groups is 1. The van der Waals surface area contributed by atoms with Crippen molar-refractivity contribution in [2.45, 2.75) is 11.3 Å². The van der Waals surface area contributed by atoms with Gasteiger partial charge in [-0.05, 0) is 12.1 Å². The summed E-state index contributed by atoms with van der Waals surface area (Å²) >= 11 is 5.68. The number of carbonyl (C=O) groups excluding carboxylic acids is 1. The summed E-state index contributed by atoms with van der Waals surface area (Å²) < 4.78 is 43.4. The van der Waals surface area contributed by atoms with Crippen LogP contribution in [-0.4, -0.2) is 39.4 Å². The lowest BCUT2D eigenvalue weighted by atomic mass is 10.3. The van der Waals surface area contributed by atoms with Gasteiger partial charge in [-0.25, -0.2) is 17.1 Å². The maximum atomic E-state index is 13.8. The van der Waals surface area contributed by atoms with Crippen LogP contribution in [0.3, 0.4) is 0 Å². The average Bonchev–Trinajstić information content (AvgIpc) is 2.39. The molecule has 0 aliphatic rings. The van der Waals surface area contributed by atoms with Crippen molar-refractivity contribution in [2.24, 2.45) is 0 Å². The van der Waals surface area contributed by atoms with Crippen molar-refractivity contribution in [3.8, 4) is 0 Å². The molecule has 0 saturated heterocycles. The molecule has 1 aromatic rings. The van der Waals surface area contributed by atoms with Crippen LogP contribution in [0.5, 0.6) is 0 Å². The fourth-order valence-electron chi connectivity index (χ4n) is 1.41. The van der Waals surface area contributed by atoms with Crippen LogP contribution in [0.25, 0.3) is 0 Å². The number of ether oxygens (including phenoxy) is 1. The summed E-state index contributed by atoms with van der Waals surface area (Å²) in [6, 6.07) is 2.08. The van der Waals surface area contributed by atoms with Crippen LogP contribution in [0.2, 0.25) is 5.02 Å². The van der Waals surface area contributed by atoms with Crippen molar-refractivity contribution in [3.63, 3.8) is 0 Å². The first-order valence-corrected chi connectivity index (χ1v) is 7.29. The lowest BCUT2D eigenvalue weighted by Crippen LogP contribution is -2.30. The van der Waals surface area contributed by atoms with Crippen LogP contribution in [0.1, 0.15) is 6.42 Å². The normalized spacial score (nSPS) is 11.7. The van der Waals surface area contributed by atoms with Gasteiger partial charge in [-0.15, -0.1) is 0 Å². The minimum Gasteiger partial charge on any atom is -0.469 e. The highest BCUT2D eigenvalue weighted by Crippen LogP contribution is 2.27. The second kappa shape index (κ2) is 6.38. The van der Waals surface area contributed by atoms with Crippen LogP contribution in [0.15, 0.2) is 17.0 Å². The molecule has 2 N–H and O–H groups in total. The number of halogens is 2. The Hall–Kier alpha value is -1.38. The molecule has 0 heterocycles. The molecule has 1 rings (SSSR count). The first-order valence-electron chi connectivity index (χ1n) is 5.47. The van der Waals surface area contributed by atoms with E-state index in [1.165, 1.54) is 14.2 Å². The SMILES string of the molecule is COC(=O)CCN(C)S(=O)(=O)c1cc(Cl)cc(N)c1F. The van der Waals surface area contributed by atoms with Crippen LogP contribution >= 0.6 is 11.6 Å². The van der Waals surface area contributed by atoms with E-state index in [9.17, 15) is 17.6 Å². The van der Waals surface area contributed by atoms with E-state index in [4.69, 9.17) is 17.3 Å². The van der Waals surface area contributed by atoms with Crippen molar-refractivity contribution >= 4 is 33.3 Å². The Morgan fingerprint density at radius 1 is 1.50 bits per heavy atom. The molecule has 9 heteroatoms. The number of benzene rings is 1. The summed E-state index contributed by atoms with van der Waals surface area (Å²) in [7, 11) is -1.73. The zero-order chi connectivity index (χ0) is 15.5. The maximum absolute atomic E-state index is 13.8. The predicted octanol–water partition coefficient (Wildman–Crippen LogP) is 1.24. The number of nitrogen functional groups attached to an aromatic ring is 1. The number of methoxy groups -OCH3 is 1. The molecule has 0 unspecified atom stereocenters. The Morgan fingerprint density at radius 3 is 2.65 bits per heavy atom. The molecule has 0 amide bonds. The second-order valence-corrected chi connectivity index (χ2v) is 6.41. The molecule has 0 aliphatic carbocycles. The van der Waals surface area contributed by atoms with E-state index in [-0.39, 0.29) is 23.7 Å². The quantitative estimate of drug-likeness (QED) is 0.650. The second-order valence-electron chi connectivity index (χ2n) is 3.96. The van der Waals surface area contributed by atoms with Gasteiger partial charge in [0.05, 0.1) is 19.2 Å². The third-order valence-electron chi connectivity index (χ3n) is 2.58. The van der Waals surface area contributed by atoms with Crippen molar-refractivity contribution in [3.05, 3.63) is 23.0 Å². The highest BCUT2D eigenvalue weighted by Gasteiger charge is 2.26. The predicted molar refractivity (Wildman–Crippen MR) is 72.3 cm³/mol. The van der Waals surface area contributed by atoms with Crippen LogP contribution < -0.4 is 5.73 Å². The molecule has 0 fully saturated rings. The van der Waals surface area contributed by atoms with E-state index in [2.05, 4.69) is 4.74 Å². The molecule has 0 spiro atoms. The van der Waals surface area contributed by atoms with Gasteiger partial charge in [0.15, 0.2) is 5.82 Å². The molecule has 0 saturated carbocycles. The molecule has 0 atom stereocenters. The van der Waals surface area contributed by atoms with Gasteiger partial charge in [0, 0.05) is 18.6 Å². The van der Waals surface area contributed by atoms with Gasteiger partial charge in [0.25, 0.3) is 0 Å². The number of sulfonamides is 1. The number of nitrogens with two attached hydrogens (primary N) is 1. The standard InChI is InChI=1S/C11H14ClFN2O4S/c1-15(4-3-10(16)19-2)20(17,18)9-6-7(12)5-8(14)11(9)13/h5-6H,3-4,14H2,1-2H3. The zero-order valence-corrected chi connectivity index (χ0v) is 12.5. The third kappa shape index (κ3) is 3.59. The van der Waals surface area contributed by atoms with E-state index in [1.54, 1.807) is 0 Å². The van der Waals surface area contributed by atoms with Gasteiger partial charge in [0.1, 0.15) is 4.90 Å². The topological polar surface area (TPSA) is 89.7 Å². The number of esters is 1. The molecular weight excluding hydrogens is 311 g/mol. The molecule has 6 nitrogen and oxygen atoms in total. The van der Waals surface area contributed by atoms with Crippen molar-refractivity contribution in [2.75, 3.05) is 26.4 Å². The van der Waals surface area contributed by atoms with Gasteiger partial charge >= 0.3 is 5.97 Å². The van der Waals surface area contributed by atoms with Crippen molar-refractivity contribution in [1.82, 2.24) is 4.31 Å². The highest BCUT2D eigenvalue weighted by atomic mass is 35.5. The molecule has 1 aromatic carbocycles. The summed E-state index contributed by atoms with van der Waals surface area (Å²) in [5, 5.41) is 0.00356. The minimum atomic E-state index is -4.13. The Labute approximate surface area is 121 Å². The van der Waals surface area contributed by atoms with E-state index >= 15 is 0 Å². The minimum absolute atomic E-state index is 0.00356. The van der Waals surface area contributed by atoms with Crippen molar-refractivity contribution < 1.29 is 22.3 Å². The smallest absolute Gasteiger partial charge is 0.306 e. The number of rotatable bonds is 5. The van der Waals surface area contributed by atoms with E-state index in [1.807, 2.05) is 0 Å². The Bertz CT molecular complexity index is 621. The third-order valence-corrected chi connectivity index (χ3v) is 4.65. The monoisotopic (exact) mass is 324 g/mol. The van der Waals surface area contributed by atoms with Gasteiger partial charge in [-0.2, -0.15) is 0 Å². The molecule has 0 aliphatic heterocycles. The summed E-state index contributed by atoms with van der Waals surface area (Å²) in [4.78, 5) is 10.4. The van der Waals surface area contributed by atoms with Crippen LogP contribution in [-0.2, 0) is 19.6 Å². The van der Waals surface area contributed by atoms with Gasteiger partial charge in [-0.1, -0.05) is 11.6 Å². The number of anilines is 1. The first kappa shape index (κ1) is 16.7. The van der Waals surface area contributed by atoms with Gasteiger partial charge in [-0.3, -0.25) is 4.79 Å². The molecule has 0 radical (unpaired) electrons. The fraction of sp³-hybridized carbons (Fsp3) is 0.364. The van der Waals surface area contributed by atoms with Crippen LogP contribution in [0.4, 0.5) is 10.1 Å². The van der Waals surface area contributed by atoms with E-state index < -0.39 is 26.7 Å². The number of hydrogen-bond donors (Lipinski definition) is 1. The zero-order valence-electron chi connectivity index (χ0n) is 10.9. The fourth-order valence-corrected chi connectivity index (χ4v) is 2.99. The first-order chi connectivity index (χ1) is 9.20. The average molecular weight is 325 g/mol. The maximum Gasteiger partial charge on any atom is 0.306 e. The Balaban J connectivity index is 3.08. The lowest BCUT2D eigenvalue weighted by Gasteiger charge is -2.17. The summed E-state index contributed by atoms with van der Waals surface area (Å²) in [6.07, 6.45) is -0.149. The van der Waals surface area contributed by atoms with Gasteiger partial charge in [0.2, 0.25) is 10.0 Å². The largest absolute Gasteiger partial charge is 0.469 e. The lowest BCUT2D eigenvalue weighted by molar-refractivity contribution is -0.140. The molecular formula is C11H14ClFN2O4S. The number of nitrogens with zero attached hydrogens (tertiary/aromatic N) is 1. The summed E-state index contributed by atoms with van der Waals surface area (Å²) in [6.45, 7) is -0.152. The highest BCUT2D eigenvalue weighted by molar-refractivity contribution is 7.89. The Morgan fingerprint density at radius 2 is 2.10 bits per heavy atom. The summed E-state index contributed by atoms with van der Waals surface area (Å²) in [5.74, 6) is -1.64. The molecule has 112 valence electrons. The Kier molecular flexibility index (Phi) is 5.32.